The number of carbonyl (C=O) groups is 3. The number of piperidine rings is 1. The quantitative estimate of drug-likeness (QED) is 0.807. The van der Waals surface area contributed by atoms with E-state index < -0.39 is 23.3 Å². The first kappa shape index (κ1) is 18.0. The molecule has 0 aromatic heterocycles. The van der Waals surface area contributed by atoms with Crippen LogP contribution in [-0.4, -0.2) is 35.1 Å². The SMILES string of the molecule is NC(=O)C[C@H]1CCCCN1C(=O)CCC(=O)c1ccc(F)cc1F. The van der Waals surface area contributed by atoms with Crippen molar-refractivity contribution in [3.8, 4) is 0 Å². The van der Waals surface area contributed by atoms with Crippen LogP contribution >= 0.6 is 0 Å². The second kappa shape index (κ2) is 7.99. The van der Waals surface area contributed by atoms with Gasteiger partial charge < -0.3 is 10.6 Å². The number of hydrogen-bond acceptors (Lipinski definition) is 3. The fourth-order valence-electron chi connectivity index (χ4n) is 2.99. The van der Waals surface area contributed by atoms with Gasteiger partial charge in [-0.1, -0.05) is 0 Å². The predicted molar refractivity (Wildman–Crippen MR) is 83.1 cm³/mol. The number of carbonyl (C=O) groups excluding carboxylic acids is 3. The van der Waals surface area contributed by atoms with E-state index in [-0.39, 0.29) is 36.8 Å². The molecule has 1 aromatic rings. The molecule has 1 atom stereocenters. The Kier molecular flexibility index (Phi) is 6.00. The van der Waals surface area contributed by atoms with E-state index in [1.165, 1.54) is 0 Å². The normalized spacial score (nSPS) is 17.6. The molecule has 0 aliphatic carbocycles. The molecule has 2 rings (SSSR count). The number of nitrogens with zero attached hydrogens (tertiary/aromatic N) is 1. The third-order valence-corrected chi connectivity index (χ3v) is 4.18. The largest absolute Gasteiger partial charge is 0.370 e. The van der Waals surface area contributed by atoms with Crippen LogP contribution in [0.15, 0.2) is 18.2 Å². The lowest BCUT2D eigenvalue weighted by atomic mass is 9.98. The van der Waals surface area contributed by atoms with Gasteiger partial charge in [-0.2, -0.15) is 0 Å². The van der Waals surface area contributed by atoms with E-state index in [0.29, 0.717) is 19.0 Å². The molecule has 1 aliphatic rings. The van der Waals surface area contributed by atoms with Crippen molar-refractivity contribution in [1.82, 2.24) is 4.90 Å². The monoisotopic (exact) mass is 338 g/mol. The van der Waals surface area contributed by atoms with E-state index in [1.807, 2.05) is 0 Å². The Bertz CT molecular complexity index is 649. The first-order valence-corrected chi connectivity index (χ1v) is 7.94. The smallest absolute Gasteiger partial charge is 0.223 e. The van der Waals surface area contributed by atoms with E-state index in [1.54, 1.807) is 4.90 Å². The molecule has 0 unspecified atom stereocenters. The summed E-state index contributed by atoms with van der Waals surface area (Å²) in [5.74, 6) is -2.97. The van der Waals surface area contributed by atoms with Gasteiger partial charge in [0, 0.05) is 37.9 Å². The molecule has 1 saturated heterocycles. The third-order valence-electron chi connectivity index (χ3n) is 4.18. The molecule has 1 heterocycles. The van der Waals surface area contributed by atoms with E-state index in [2.05, 4.69) is 0 Å². The van der Waals surface area contributed by atoms with Gasteiger partial charge in [-0.25, -0.2) is 8.78 Å². The first-order valence-electron chi connectivity index (χ1n) is 7.94. The summed E-state index contributed by atoms with van der Waals surface area (Å²) in [6, 6.07) is 2.49. The van der Waals surface area contributed by atoms with Crippen molar-refractivity contribution in [2.75, 3.05) is 6.54 Å². The summed E-state index contributed by atoms with van der Waals surface area (Å²) < 4.78 is 26.4. The molecule has 7 heteroatoms. The van der Waals surface area contributed by atoms with Crippen LogP contribution in [-0.2, 0) is 9.59 Å². The molecule has 0 radical (unpaired) electrons. The topological polar surface area (TPSA) is 80.5 Å². The van der Waals surface area contributed by atoms with Gasteiger partial charge in [-0.3, -0.25) is 14.4 Å². The van der Waals surface area contributed by atoms with E-state index in [0.717, 1.165) is 25.0 Å². The predicted octanol–water partition coefficient (Wildman–Crippen LogP) is 2.18. The zero-order chi connectivity index (χ0) is 17.7. The number of rotatable bonds is 6. The zero-order valence-electron chi connectivity index (χ0n) is 13.3. The lowest BCUT2D eigenvalue weighted by Crippen LogP contribution is -2.45. The summed E-state index contributed by atoms with van der Waals surface area (Å²) in [6.07, 6.45) is 2.32. The van der Waals surface area contributed by atoms with Gasteiger partial charge in [0.05, 0.1) is 5.56 Å². The van der Waals surface area contributed by atoms with Crippen LogP contribution in [0.5, 0.6) is 0 Å². The van der Waals surface area contributed by atoms with Crippen LogP contribution in [0.4, 0.5) is 8.78 Å². The molecule has 24 heavy (non-hydrogen) atoms. The molecule has 1 aliphatic heterocycles. The van der Waals surface area contributed by atoms with Gasteiger partial charge in [-0.05, 0) is 31.4 Å². The van der Waals surface area contributed by atoms with Crippen LogP contribution in [0.1, 0.15) is 48.9 Å². The number of ketones is 1. The Hall–Kier alpha value is -2.31. The summed E-state index contributed by atoms with van der Waals surface area (Å²) in [7, 11) is 0. The van der Waals surface area contributed by atoms with Crippen molar-refractivity contribution in [2.24, 2.45) is 5.73 Å². The van der Waals surface area contributed by atoms with Crippen molar-refractivity contribution < 1.29 is 23.2 Å². The van der Waals surface area contributed by atoms with E-state index in [9.17, 15) is 23.2 Å². The number of nitrogens with two attached hydrogens (primary N) is 1. The van der Waals surface area contributed by atoms with Crippen LogP contribution in [0.3, 0.4) is 0 Å². The second-order valence-corrected chi connectivity index (χ2v) is 5.95. The summed E-state index contributed by atoms with van der Waals surface area (Å²) in [6.45, 7) is 0.524. The number of hydrogen-bond donors (Lipinski definition) is 1. The highest BCUT2D eigenvalue weighted by molar-refractivity contribution is 5.98. The fourth-order valence-corrected chi connectivity index (χ4v) is 2.99. The summed E-state index contributed by atoms with van der Waals surface area (Å²) in [5.41, 5.74) is 4.98. The molecule has 5 nitrogen and oxygen atoms in total. The van der Waals surface area contributed by atoms with Crippen LogP contribution in [0.2, 0.25) is 0 Å². The molecule has 0 saturated carbocycles. The van der Waals surface area contributed by atoms with Gasteiger partial charge in [0.25, 0.3) is 0 Å². The summed E-state index contributed by atoms with van der Waals surface area (Å²) >= 11 is 0. The molecule has 1 aromatic carbocycles. The van der Waals surface area contributed by atoms with Crippen molar-refractivity contribution in [1.29, 1.82) is 0 Å². The van der Waals surface area contributed by atoms with Gasteiger partial charge in [0.1, 0.15) is 11.6 Å². The molecule has 0 bridgehead atoms. The Labute approximate surface area is 138 Å². The number of Topliss-reactive ketones (excluding diaryl/α,β-unsaturated/α-hetero) is 1. The van der Waals surface area contributed by atoms with Crippen molar-refractivity contribution in [3.05, 3.63) is 35.4 Å². The summed E-state index contributed by atoms with van der Waals surface area (Å²) in [4.78, 5) is 37.0. The molecule has 1 fully saturated rings. The Morgan fingerprint density at radius 1 is 1.17 bits per heavy atom. The average Bonchev–Trinajstić information content (AvgIpc) is 2.52. The number of primary amides is 1. The van der Waals surface area contributed by atoms with Crippen molar-refractivity contribution in [3.63, 3.8) is 0 Å². The van der Waals surface area contributed by atoms with E-state index >= 15 is 0 Å². The highest BCUT2D eigenvalue weighted by atomic mass is 19.1. The second-order valence-electron chi connectivity index (χ2n) is 5.95. The molecular weight excluding hydrogens is 318 g/mol. The van der Waals surface area contributed by atoms with Gasteiger partial charge in [-0.15, -0.1) is 0 Å². The maximum atomic E-state index is 13.6. The van der Waals surface area contributed by atoms with Gasteiger partial charge in [0.15, 0.2) is 5.78 Å². The number of halogens is 2. The molecule has 0 spiro atoms. The number of benzene rings is 1. The van der Waals surface area contributed by atoms with Crippen LogP contribution < -0.4 is 5.73 Å². The highest BCUT2D eigenvalue weighted by Gasteiger charge is 2.28. The molecular formula is C17H20F2N2O3. The fraction of sp³-hybridized carbons (Fsp3) is 0.471. The van der Waals surface area contributed by atoms with Gasteiger partial charge in [0.2, 0.25) is 11.8 Å². The first-order chi connectivity index (χ1) is 11.4. The molecule has 2 N–H and O–H groups in total. The van der Waals surface area contributed by atoms with E-state index in [4.69, 9.17) is 5.73 Å². The maximum Gasteiger partial charge on any atom is 0.223 e. The van der Waals surface area contributed by atoms with Crippen LogP contribution in [0.25, 0.3) is 0 Å². The lowest BCUT2D eigenvalue weighted by Gasteiger charge is -2.35. The zero-order valence-corrected chi connectivity index (χ0v) is 13.3. The molecule has 2 amide bonds. The lowest BCUT2D eigenvalue weighted by molar-refractivity contribution is -0.135. The van der Waals surface area contributed by atoms with Gasteiger partial charge >= 0.3 is 0 Å². The molecule has 130 valence electrons. The Morgan fingerprint density at radius 2 is 1.92 bits per heavy atom. The Balaban J connectivity index is 1.95. The number of likely N-dealkylation sites (tertiary alicyclic amines) is 1. The number of amides is 2. The minimum atomic E-state index is -0.933. The highest BCUT2D eigenvalue weighted by Crippen LogP contribution is 2.21. The minimum Gasteiger partial charge on any atom is -0.370 e. The minimum absolute atomic E-state index is 0.0785. The van der Waals surface area contributed by atoms with Crippen LogP contribution in [0, 0.1) is 11.6 Å². The summed E-state index contributed by atoms with van der Waals surface area (Å²) in [5, 5.41) is 0. The van der Waals surface area contributed by atoms with Crippen molar-refractivity contribution in [2.45, 2.75) is 44.6 Å². The average molecular weight is 338 g/mol. The van der Waals surface area contributed by atoms with Crippen molar-refractivity contribution >= 4 is 17.6 Å². The third kappa shape index (κ3) is 4.59. The maximum absolute atomic E-state index is 13.6. The standard InChI is InChI=1S/C17H20F2N2O3/c18-11-4-5-13(14(19)9-11)15(22)6-7-17(24)21-8-2-1-3-12(21)10-16(20)23/h4-5,9,12H,1-3,6-8,10H2,(H2,20,23)/t12-/m1/s1. The Morgan fingerprint density at radius 3 is 2.58 bits per heavy atom.